The lowest BCUT2D eigenvalue weighted by atomic mass is 9.80. The maximum absolute atomic E-state index is 11.8. The number of rotatable bonds is 4. The summed E-state index contributed by atoms with van der Waals surface area (Å²) in [5, 5.41) is 8.70. The zero-order chi connectivity index (χ0) is 19.8. The number of anilines is 1. The Bertz CT molecular complexity index is 811. The molecule has 3 heterocycles. The van der Waals surface area contributed by atoms with Gasteiger partial charge < -0.3 is 9.45 Å². The molecule has 2 aromatic rings. The van der Waals surface area contributed by atoms with Crippen molar-refractivity contribution in [3.05, 3.63) is 48.2 Å². The molecule has 29 heavy (non-hydrogen) atoms. The van der Waals surface area contributed by atoms with Crippen LogP contribution in [0.15, 0.2) is 47.6 Å². The van der Waals surface area contributed by atoms with Crippen LogP contribution >= 0.6 is 0 Å². The van der Waals surface area contributed by atoms with Crippen LogP contribution < -0.4 is 4.90 Å². The van der Waals surface area contributed by atoms with Crippen LogP contribution in [-0.2, 0) is 11.2 Å². The second kappa shape index (κ2) is 8.25. The molecular formula is C23H30N4OS. The van der Waals surface area contributed by atoms with Crippen LogP contribution in [0.4, 0.5) is 5.69 Å². The predicted octanol–water partition coefficient (Wildman–Crippen LogP) is 3.59. The molecule has 1 aromatic carbocycles. The summed E-state index contributed by atoms with van der Waals surface area (Å²) < 4.78 is 11.8. The summed E-state index contributed by atoms with van der Waals surface area (Å²) in [5.74, 6) is 0.739. The third kappa shape index (κ3) is 3.90. The van der Waals surface area contributed by atoms with E-state index >= 15 is 0 Å². The molecule has 5 rings (SSSR count). The van der Waals surface area contributed by atoms with E-state index in [-0.39, 0.29) is 0 Å². The van der Waals surface area contributed by atoms with Crippen LogP contribution in [0.25, 0.3) is 0 Å². The van der Waals surface area contributed by atoms with Crippen LogP contribution in [0.5, 0.6) is 0 Å². The predicted molar refractivity (Wildman–Crippen MR) is 117 cm³/mol. The minimum atomic E-state index is -1.09. The van der Waals surface area contributed by atoms with Crippen molar-refractivity contribution in [2.24, 2.45) is 0 Å². The Kier molecular flexibility index (Phi) is 5.50. The highest BCUT2D eigenvalue weighted by Crippen LogP contribution is 2.41. The quantitative estimate of drug-likeness (QED) is 0.721. The van der Waals surface area contributed by atoms with Crippen molar-refractivity contribution < 1.29 is 4.55 Å². The summed E-state index contributed by atoms with van der Waals surface area (Å²) >= 11 is -1.09. The molecule has 5 nitrogen and oxygen atoms in total. The van der Waals surface area contributed by atoms with E-state index in [4.69, 9.17) is 0 Å². The molecule has 3 atom stereocenters. The van der Waals surface area contributed by atoms with Crippen molar-refractivity contribution >= 4 is 16.9 Å². The Morgan fingerprint density at radius 2 is 1.59 bits per heavy atom. The summed E-state index contributed by atoms with van der Waals surface area (Å²) in [6.45, 7) is 2.10. The average Bonchev–Trinajstić information content (AvgIpc) is 3.03. The molecule has 0 radical (unpaired) electrons. The van der Waals surface area contributed by atoms with Gasteiger partial charge in [-0.2, -0.15) is 5.10 Å². The maximum atomic E-state index is 11.8. The first-order chi connectivity index (χ1) is 14.2. The highest BCUT2D eigenvalue weighted by atomic mass is 32.2. The maximum Gasteiger partial charge on any atom is 0.265 e. The SMILES string of the molecule is C[S+]([O-])c1cc(N2CC3CCC(C2)N3[C@H]2CC[C@@H](c3ccccc3)CC2)cnn1. The largest absolute Gasteiger partial charge is 0.610 e. The fourth-order valence-corrected chi connectivity index (χ4v) is 6.27. The zero-order valence-electron chi connectivity index (χ0n) is 17.1. The van der Waals surface area contributed by atoms with Crippen molar-refractivity contribution in [2.75, 3.05) is 24.2 Å². The summed E-state index contributed by atoms with van der Waals surface area (Å²) in [6, 6.07) is 15.0. The molecular weight excluding hydrogens is 380 g/mol. The molecule has 3 fully saturated rings. The lowest BCUT2D eigenvalue weighted by Crippen LogP contribution is -2.57. The zero-order valence-corrected chi connectivity index (χ0v) is 17.9. The highest BCUT2D eigenvalue weighted by Gasteiger charge is 2.44. The number of nitrogens with zero attached hydrogens (tertiary/aromatic N) is 4. The standard InChI is InChI=1S/C23H30N4OS/c1-29(28)23-13-22(14-24-25-23)26-15-20-11-12-21(16-26)27(20)19-9-7-18(8-10-19)17-5-3-2-4-6-17/h2-6,13-14,18-21H,7-12,15-16H2,1H3/t18-,19+,20?,21?,29?. The number of aromatic nitrogens is 2. The molecule has 154 valence electrons. The average molecular weight is 411 g/mol. The van der Waals surface area contributed by atoms with E-state index in [0.29, 0.717) is 17.1 Å². The lowest BCUT2D eigenvalue weighted by Gasteiger charge is -2.47. The topological polar surface area (TPSA) is 55.3 Å². The van der Waals surface area contributed by atoms with Crippen LogP contribution in [0, 0.1) is 0 Å². The van der Waals surface area contributed by atoms with Gasteiger partial charge in [0.1, 0.15) is 6.26 Å². The molecule has 6 heteroatoms. The van der Waals surface area contributed by atoms with Gasteiger partial charge in [0, 0.05) is 48.5 Å². The Labute approximate surface area is 176 Å². The summed E-state index contributed by atoms with van der Waals surface area (Å²) in [6.07, 6.45) is 11.4. The molecule has 1 saturated carbocycles. The molecule has 2 saturated heterocycles. The first kappa shape index (κ1) is 19.3. The van der Waals surface area contributed by atoms with Gasteiger partial charge in [-0.15, -0.1) is 0 Å². The van der Waals surface area contributed by atoms with Crippen molar-refractivity contribution in [1.29, 1.82) is 0 Å². The Hall–Kier alpha value is -1.63. The number of hydrogen-bond acceptors (Lipinski definition) is 5. The van der Waals surface area contributed by atoms with Crippen molar-refractivity contribution in [3.8, 4) is 0 Å². The van der Waals surface area contributed by atoms with Gasteiger partial charge >= 0.3 is 0 Å². The van der Waals surface area contributed by atoms with Gasteiger partial charge in [-0.05, 0) is 50.0 Å². The number of benzene rings is 1. The van der Waals surface area contributed by atoms with E-state index in [1.165, 1.54) is 44.1 Å². The monoisotopic (exact) mass is 410 g/mol. The van der Waals surface area contributed by atoms with Gasteiger partial charge in [-0.25, -0.2) is 0 Å². The van der Waals surface area contributed by atoms with Gasteiger partial charge in [0.05, 0.1) is 11.9 Å². The van der Waals surface area contributed by atoms with Crippen LogP contribution in [0.3, 0.4) is 0 Å². The van der Waals surface area contributed by atoms with Gasteiger partial charge in [0.25, 0.3) is 5.03 Å². The smallest absolute Gasteiger partial charge is 0.265 e. The summed E-state index contributed by atoms with van der Waals surface area (Å²) in [5.41, 5.74) is 2.60. The highest BCUT2D eigenvalue weighted by molar-refractivity contribution is 7.90. The van der Waals surface area contributed by atoms with E-state index in [2.05, 4.69) is 50.3 Å². The number of hydrogen-bond donors (Lipinski definition) is 0. The Morgan fingerprint density at radius 3 is 2.24 bits per heavy atom. The Morgan fingerprint density at radius 1 is 0.931 bits per heavy atom. The van der Waals surface area contributed by atoms with Crippen molar-refractivity contribution in [3.63, 3.8) is 0 Å². The first-order valence-electron chi connectivity index (χ1n) is 10.9. The Balaban J connectivity index is 1.24. The molecule has 3 aliphatic rings. The van der Waals surface area contributed by atoms with Crippen LogP contribution in [0.1, 0.15) is 50.0 Å². The van der Waals surface area contributed by atoms with E-state index in [1.807, 2.05) is 12.3 Å². The lowest BCUT2D eigenvalue weighted by molar-refractivity contribution is 0.0811. The van der Waals surface area contributed by atoms with Gasteiger partial charge in [-0.1, -0.05) is 35.4 Å². The molecule has 2 aliphatic heterocycles. The van der Waals surface area contributed by atoms with Crippen LogP contribution in [0.2, 0.25) is 0 Å². The van der Waals surface area contributed by atoms with Gasteiger partial charge in [-0.3, -0.25) is 4.90 Å². The molecule has 1 aliphatic carbocycles. The van der Waals surface area contributed by atoms with E-state index in [9.17, 15) is 4.55 Å². The molecule has 0 spiro atoms. The molecule has 0 N–H and O–H groups in total. The van der Waals surface area contributed by atoms with Crippen molar-refractivity contribution in [1.82, 2.24) is 15.1 Å². The minimum absolute atomic E-state index is 0.580. The second-order valence-corrected chi connectivity index (χ2v) is 10.2. The first-order valence-corrected chi connectivity index (χ1v) is 12.5. The number of fused-ring (bicyclic) bond motifs is 2. The van der Waals surface area contributed by atoms with E-state index in [1.54, 1.807) is 6.26 Å². The molecule has 2 bridgehead atoms. The van der Waals surface area contributed by atoms with Gasteiger partial charge in [0.2, 0.25) is 0 Å². The number of piperazine rings is 1. The second-order valence-electron chi connectivity index (χ2n) is 8.86. The van der Waals surface area contributed by atoms with E-state index in [0.717, 1.165) is 30.7 Å². The summed E-state index contributed by atoms with van der Waals surface area (Å²) in [7, 11) is 0. The minimum Gasteiger partial charge on any atom is -0.610 e. The molecule has 3 unspecified atom stereocenters. The molecule has 0 amide bonds. The summed E-state index contributed by atoms with van der Waals surface area (Å²) in [4.78, 5) is 5.31. The fraction of sp³-hybridized carbons (Fsp3) is 0.565. The van der Waals surface area contributed by atoms with Crippen LogP contribution in [-0.4, -0.2) is 57.1 Å². The third-order valence-corrected chi connectivity index (χ3v) is 7.99. The van der Waals surface area contributed by atoms with Gasteiger partial charge in [0.15, 0.2) is 0 Å². The van der Waals surface area contributed by atoms with E-state index < -0.39 is 11.2 Å². The fourth-order valence-electron chi connectivity index (χ4n) is 5.83. The normalized spacial score (nSPS) is 31.0. The van der Waals surface area contributed by atoms with Crippen molar-refractivity contribution in [2.45, 2.75) is 67.6 Å². The molecule has 1 aromatic heterocycles. The third-order valence-electron chi connectivity index (χ3n) is 7.21.